The minimum atomic E-state index is -0.110. The van der Waals surface area contributed by atoms with Gasteiger partial charge in [0.25, 0.3) is 0 Å². The smallest absolute Gasteiger partial charge is 0.229 e. The van der Waals surface area contributed by atoms with Gasteiger partial charge in [0.2, 0.25) is 5.91 Å². The Morgan fingerprint density at radius 3 is 2.56 bits per heavy atom. The second-order valence-electron chi connectivity index (χ2n) is 6.74. The molecule has 0 radical (unpaired) electrons. The standard InChI is InChI=1S/C20H22N2O2.ClH/c21-18-12-22(11-17(18)14-6-2-1-3-7-14)20(23)16-10-15-8-4-5-9-19(15)24-13-16;/h1-9,16-18H,10-13,21H2;1H/t16?,17-,18+;/m0./s1. The number of rotatable bonds is 2. The highest BCUT2D eigenvalue weighted by Crippen LogP contribution is 2.31. The topological polar surface area (TPSA) is 55.6 Å². The number of para-hydroxylation sites is 1. The Hall–Kier alpha value is -2.04. The number of ether oxygens (including phenoxy) is 1. The molecule has 2 aliphatic heterocycles. The van der Waals surface area contributed by atoms with E-state index in [1.807, 2.05) is 47.4 Å². The Kier molecular flexibility index (Phi) is 5.30. The second kappa shape index (κ2) is 7.46. The van der Waals surface area contributed by atoms with E-state index in [9.17, 15) is 4.79 Å². The highest BCUT2D eigenvalue weighted by Gasteiger charge is 2.37. The van der Waals surface area contributed by atoms with Crippen molar-refractivity contribution >= 4 is 18.3 Å². The minimum Gasteiger partial charge on any atom is -0.492 e. The van der Waals surface area contributed by atoms with Crippen LogP contribution in [0.2, 0.25) is 0 Å². The van der Waals surface area contributed by atoms with Crippen LogP contribution in [0.5, 0.6) is 5.75 Å². The first kappa shape index (κ1) is 17.8. The van der Waals surface area contributed by atoms with E-state index in [1.165, 1.54) is 5.56 Å². The van der Waals surface area contributed by atoms with Crippen molar-refractivity contribution in [2.75, 3.05) is 19.7 Å². The molecule has 2 aromatic rings. The lowest BCUT2D eigenvalue weighted by Gasteiger charge is -2.28. The molecular weight excluding hydrogens is 336 g/mol. The molecule has 1 unspecified atom stereocenters. The van der Waals surface area contributed by atoms with Crippen molar-refractivity contribution in [2.24, 2.45) is 11.7 Å². The largest absolute Gasteiger partial charge is 0.492 e. The molecule has 0 saturated carbocycles. The summed E-state index contributed by atoms with van der Waals surface area (Å²) >= 11 is 0. The second-order valence-corrected chi connectivity index (χ2v) is 6.74. The summed E-state index contributed by atoms with van der Waals surface area (Å²) in [5.41, 5.74) is 8.65. The summed E-state index contributed by atoms with van der Waals surface area (Å²) in [4.78, 5) is 14.8. The number of halogens is 1. The van der Waals surface area contributed by atoms with E-state index in [4.69, 9.17) is 10.5 Å². The fraction of sp³-hybridized carbons (Fsp3) is 0.350. The maximum Gasteiger partial charge on any atom is 0.229 e. The molecule has 2 N–H and O–H groups in total. The maximum absolute atomic E-state index is 12.9. The quantitative estimate of drug-likeness (QED) is 0.897. The molecule has 5 heteroatoms. The number of nitrogens with zero attached hydrogens (tertiary/aromatic N) is 1. The van der Waals surface area contributed by atoms with Gasteiger partial charge < -0.3 is 15.4 Å². The lowest BCUT2D eigenvalue weighted by molar-refractivity contribution is -0.135. The number of carbonyl (C=O) groups excluding carboxylic acids is 1. The molecule has 0 spiro atoms. The first-order chi connectivity index (χ1) is 11.7. The van der Waals surface area contributed by atoms with Gasteiger partial charge in [0.15, 0.2) is 0 Å². The molecule has 132 valence electrons. The maximum atomic E-state index is 12.9. The average molecular weight is 359 g/mol. The van der Waals surface area contributed by atoms with E-state index in [1.54, 1.807) is 0 Å². The van der Waals surface area contributed by atoms with Crippen LogP contribution in [0, 0.1) is 5.92 Å². The van der Waals surface area contributed by atoms with Gasteiger partial charge in [-0.25, -0.2) is 0 Å². The van der Waals surface area contributed by atoms with E-state index in [0.717, 1.165) is 17.7 Å². The van der Waals surface area contributed by atoms with Crippen LogP contribution >= 0.6 is 12.4 Å². The lowest BCUT2D eigenvalue weighted by atomic mass is 9.95. The van der Waals surface area contributed by atoms with Gasteiger partial charge in [0, 0.05) is 25.0 Å². The summed E-state index contributed by atoms with van der Waals surface area (Å²) in [6.45, 7) is 1.77. The normalized spacial score (nSPS) is 24.8. The Labute approximate surface area is 154 Å². The van der Waals surface area contributed by atoms with Gasteiger partial charge >= 0.3 is 0 Å². The van der Waals surface area contributed by atoms with Gasteiger partial charge in [0.05, 0.1) is 5.92 Å². The third-order valence-electron chi connectivity index (χ3n) is 5.13. The van der Waals surface area contributed by atoms with Crippen molar-refractivity contribution in [2.45, 2.75) is 18.4 Å². The number of hydrogen-bond acceptors (Lipinski definition) is 3. The Balaban J connectivity index is 0.00000182. The SMILES string of the molecule is Cl.N[C@@H]1CN(C(=O)C2COc3ccccc3C2)C[C@H]1c1ccccc1. The number of carbonyl (C=O) groups is 1. The van der Waals surface area contributed by atoms with Gasteiger partial charge in [0.1, 0.15) is 12.4 Å². The van der Waals surface area contributed by atoms with Crippen LogP contribution < -0.4 is 10.5 Å². The highest BCUT2D eigenvalue weighted by molar-refractivity contribution is 5.85. The van der Waals surface area contributed by atoms with Crippen LogP contribution in [0.3, 0.4) is 0 Å². The summed E-state index contributed by atoms with van der Waals surface area (Å²) < 4.78 is 5.78. The molecule has 0 aromatic heterocycles. The van der Waals surface area contributed by atoms with E-state index >= 15 is 0 Å². The molecule has 0 bridgehead atoms. The minimum absolute atomic E-state index is 0. The Morgan fingerprint density at radius 1 is 1.04 bits per heavy atom. The Bertz CT molecular complexity index is 737. The predicted molar refractivity (Wildman–Crippen MR) is 100 cm³/mol. The summed E-state index contributed by atoms with van der Waals surface area (Å²) in [7, 11) is 0. The third kappa shape index (κ3) is 3.51. The molecule has 1 saturated heterocycles. The van der Waals surface area contributed by atoms with Gasteiger partial charge in [-0.3, -0.25) is 4.79 Å². The van der Waals surface area contributed by atoms with Crippen LogP contribution in [0.1, 0.15) is 17.0 Å². The summed E-state index contributed by atoms with van der Waals surface area (Å²) in [6, 6.07) is 18.2. The molecule has 1 fully saturated rings. The lowest BCUT2D eigenvalue weighted by Crippen LogP contribution is -2.40. The first-order valence-electron chi connectivity index (χ1n) is 8.52. The number of fused-ring (bicyclic) bond motifs is 1. The monoisotopic (exact) mass is 358 g/mol. The molecule has 2 aliphatic rings. The molecular formula is C20H23ClN2O2. The zero-order valence-electron chi connectivity index (χ0n) is 14.0. The zero-order chi connectivity index (χ0) is 16.5. The van der Waals surface area contributed by atoms with Crippen LogP contribution in [0.4, 0.5) is 0 Å². The molecule has 25 heavy (non-hydrogen) atoms. The fourth-order valence-corrected chi connectivity index (χ4v) is 3.81. The van der Waals surface area contributed by atoms with E-state index < -0.39 is 0 Å². The van der Waals surface area contributed by atoms with Crippen molar-refractivity contribution in [3.8, 4) is 5.75 Å². The van der Waals surface area contributed by atoms with Gasteiger partial charge in [-0.05, 0) is 23.6 Å². The van der Waals surface area contributed by atoms with E-state index in [-0.39, 0.29) is 36.2 Å². The van der Waals surface area contributed by atoms with Crippen molar-refractivity contribution in [3.05, 3.63) is 65.7 Å². The molecule has 1 amide bonds. The first-order valence-corrected chi connectivity index (χ1v) is 8.52. The summed E-state index contributed by atoms with van der Waals surface area (Å²) in [5.74, 6) is 1.17. The molecule has 2 aromatic carbocycles. The van der Waals surface area contributed by atoms with Crippen LogP contribution in [0.15, 0.2) is 54.6 Å². The highest BCUT2D eigenvalue weighted by atomic mass is 35.5. The average Bonchev–Trinajstić information content (AvgIpc) is 3.03. The van der Waals surface area contributed by atoms with E-state index in [2.05, 4.69) is 12.1 Å². The van der Waals surface area contributed by atoms with Gasteiger partial charge in [-0.15, -0.1) is 12.4 Å². The van der Waals surface area contributed by atoms with Crippen LogP contribution in [0.25, 0.3) is 0 Å². The van der Waals surface area contributed by atoms with Crippen molar-refractivity contribution in [3.63, 3.8) is 0 Å². The number of amides is 1. The third-order valence-corrected chi connectivity index (χ3v) is 5.13. The number of likely N-dealkylation sites (tertiary alicyclic amines) is 1. The Morgan fingerprint density at radius 2 is 1.76 bits per heavy atom. The van der Waals surface area contributed by atoms with Crippen molar-refractivity contribution in [1.82, 2.24) is 4.90 Å². The van der Waals surface area contributed by atoms with Gasteiger partial charge in [-0.1, -0.05) is 48.5 Å². The van der Waals surface area contributed by atoms with Gasteiger partial charge in [-0.2, -0.15) is 0 Å². The molecule has 0 aliphatic carbocycles. The zero-order valence-corrected chi connectivity index (χ0v) is 14.8. The summed E-state index contributed by atoms with van der Waals surface area (Å²) in [5, 5.41) is 0. The summed E-state index contributed by atoms with van der Waals surface area (Å²) in [6.07, 6.45) is 0.747. The van der Waals surface area contributed by atoms with E-state index in [0.29, 0.717) is 19.7 Å². The number of nitrogens with two attached hydrogens (primary N) is 1. The predicted octanol–water partition coefficient (Wildman–Crippen LogP) is 2.61. The number of benzene rings is 2. The van der Waals surface area contributed by atoms with Crippen LogP contribution in [-0.2, 0) is 11.2 Å². The van der Waals surface area contributed by atoms with Crippen LogP contribution in [-0.4, -0.2) is 36.5 Å². The number of hydrogen-bond donors (Lipinski definition) is 1. The van der Waals surface area contributed by atoms with Crippen molar-refractivity contribution in [1.29, 1.82) is 0 Å². The molecule has 4 rings (SSSR count). The fourth-order valence-electron chi connectivity index (χ4n) is 3.81. The molecule has 4 nitrogen and oxygen atoms in total. The molecule has 2 heterocycles. The van der Waals surface area contributed by atoms with Crippen molar-refractivity contribution < 1.29 is 9.53 Å². The molecule has 3 atom stereocenters.